The number of hydrogen-bond donors (Lipinski definition) is 1. The van der Waals surface area contributed by atoms with E-state index in [2.05, 4.69) is 9.97 Å². The van der Waals surface area contributed by atoms with Crippen molar-refractivity contribution in [2.45, 2.75) is 26.8 Å². The molecule has 0 bridgehead atoms. The quantitative estimate of drug-likeness (QED) is 0.605. The highest BCUT2D eigenvalue weighted by atomic mass is 32.1. The molecular weight excluding hydrogens is 426 g/mol. The van der Waals surface area contributed by atoms with Crippen LogP contribution < -0.4 is 9.64 Å². The molecule has 1 N–H and O–H groups in total. The number of aromatic nitrogens is 2. The molecule has 4 rings (SSSR count). The molecule has 3 aromatic rings. The maximum atomic E-state index is 13.3. The second kappa shape index (κ2) is 8.20. The summed E-state index contributed by atoms with van der Waals surface area (Å²) in [6.07, 6.45) is 3.14. The zero-order chi connectivity index (χ0) is 23.0. The molecule has 4 heterocycles. The number of carbonyl (C=O) groups is 2. The monoisotopic (exact) mass is 449 g/mol. The van der Waals surface area contributed by atoms with Crippen molar-refractivity contribution in [3.05, 3.63) is 71.1 Å². The summed E-state index contributed by atoms with van der Waals surface area (Å²) >= 11 is 1.56. The first-order chi connectivity index (χ1) is 15.2. The molecule has 1 atom stereocenters. The van der Waals surface area contributed by atoms with E-state index in [1.807, 2.05) is 23.6 Å². The third-order valence-electron chi connectivity index (χ3n) is 5.22. The highest BCUT2D eigenvalue weighted by Crippen LogP contribution is 2.45. The normalized spacial score (nSPS) is 16.6. The van der Waals surface area contributed by atoms with E-state index in [-0.39, 0.29) is 17.2 Å². The zero-order valence-electron chi connectivity index (χ0n) is 18.2. The molecule has 7 nitrogen and oxygen atoms in total. The molecule has 0 aliphatic carbocycles. The number of ketones is 1. The highest BCUT2D eigenvalue weighted by Gasteiger charge is 2.47. The molecule has 0 spiro atoms. The van der Waals surface area contributed by atoms with Crippen LogP contribution in [0.5, 0.6) is 5.88 Å². The number of carbonyl (C=O) groups excluding carboxylic acids is 2. The number of aliphatic hydroxyl groups is 1. The van der Waals surface area contributed by atoms with Gasteiger partial charge in [0.25, 0.3) is 5.91 Å². The number of Topliss-reactive ketones (excluding diaryl/α,β-unsaturated/α-hetero) is 1. The lowest BCUT2D eigenvalue weighted by Crippen LogP contribution is -2.33. The van der Waals surface area contributed by atoms with E-state index in [1.54, 1.807) is 62.7 Å². The van der Waals surface area contributed by atoms with Crippen molar-refractivity contribution in [2.75, 3.05) is 12.0 Å². The smallest absolute Gasteiger partial charge is 0.294 e. The summed E-state index contributed by atoms with van der Waals surface area (Å²) < 4.78 is 5.42. The Kier molecular flexibility index (Phi) is 5.56. The number of thiophene rings is 1. The minimum Gasteiger partial charge on any atom is -0.503 e. The van der Waals surface area contributed by atoms with Gasteiger partial charge in [-0.05, 0) is 35.7 Å². The van der Waals surface area contributed by atoms with E-state index in [1.165, 1.54) is 12.0 Å². The van der Waals surface area contributed by atoms with Crippen LogP contribution in [0, 0.1) is 5.41 Å². The van der Waals surface area contributed by atoms with E-state index < -0.39 is 23.1 Å². The van der Waals surface area contributed by atoms with E-state index in [9.17, 15) is 14.7 Å². The number of nitrogens with zero attached hydrogens (tertiary/aromatic N) is 3. The van der Waals surface area contributed by atoms with Crippen molar-refractivity contribution in [1.29, 1.82) is 0 Å². The number of hydrogen-bond acceptors (Lipinski definition) is 7. The molecule has 0 fully saturated rings. The molecule has 8 heteroatoms. The number of rotatable bonds is 5. The number of anilines is 1. The summed E-state index contributed by atoms with van der Waals surface area (Å²) in [5.74, 6) is -1.29. The summed E-state index contributed by atoms with van der Waals surface area (Å²) in [5, 5.41) is 12.8. The van der Waals surface area contributed by atoms with Gasteiger partial charge >= 0.3 is 0 Å². The van der Waals surface area contributed by atoms with E-state index in [0.29, 0.717) is 11.3 Å². The van der Waals surface area contributed by atoms with Crippen LogP contribution in [0.1, 0.15) is 32.4 Å². The van der Waals surface area contributed by atoms with Gasteiger partial charge in [-0.3, -0.25) is 19.5 Å². The van der Waals surface area contributed by atoms with Crippen molar-refractivity contribution in [3.8, 4) is 16.5 Å². The molecule has 0 aromatic carbocycles. The van der Waals surface area contributed by atoms with Crippen molar-refractivity contribution in [1.82, 2.24) is 9.97 Å². The van der Waals surface area contributed by atoms with Gasteiger partial charge in [0.2, 0.25) is 5.88 Å². The first-order valence-corrected chi connectivity index (χ1v) is 10.9. The average molecular weight is 450 g/mol. The topological polar surface area (TPSA) is 92.6 Å². The fourth-order valence-electron chi connectivity index (χ4n) is 3.68. The Labute approximate surface area is 190 Å². The lowest BCUT2D eigenvalue weighted by Gasteiger charge is -2.29. The molecule has 3 aromatic heterocycles. The Morgan fingerprint density at radius 3 is 2.53 bits per heavy atom. The Morgan fingerprint density at radius 2 is 1.94 bits per heavy atom. The number of amides is 1. The first-order valence-electron chi connectivity index (χ1n) is 10.0. The maximum absolute atomic E-state index is 13.3. The van der Waals surface area contributed by atoms with Crippen LogP contribution in [0.2, 0.25) is 0 Å². The summed E-state index contributed by atoms with van der Waals surface area (Å²) in [6, 6.07) is 10.0. The summed E-state index contributed by atoms with van der Waals surface area (Å²) in [6.45, 7) is 5.24. The molecule has 1 aliphatic rings. The number of methoxy groups -OCH3 is 1. The van der Waals surface area contributed by atoms with E-state index in [4.69, 9.17) is 4.74 Å². The molecule has 0 radical (unpaired) electrons. The largest absolute Gasteiger partial charge is 0.503 e. The maximum Gasteiger partial charge on any atom is 0.294 e. The number of pyridine rings is 2. The van der Waals surface area contributed by atoms with Crippen LogP contribution in [0.3, 0.4) is 0 Å². The molecule has 164 valence electrons. The first kappa shape index (κ1) is 21.7. The second-order valence-electron chi connectivity index (χ2n) is 8.40. The van der Waals surface area contributed by atoms with Crippen LogP contribution in [-0.2, 0) is 9.59 Å². The van der Waals surface area contributed by atoms with Crippen molar-refractivity contribution >= 4 is 28.7 Å². The van der Waals surface area contributed by atoms with Gasteiger partial charge in [-0.15, -0.1) is 11.3 Å². The minimum atomic E-state index is -0.896. The third kappa shape index (κ3) is 3.67. The third-order valence-corrected chi connectivity index (χ3v) is 6.11. The Balaban J connectivity index is 1.86. The van der Waals surface area contributed by atoms with Gasteiger partial charge in [-0.25, -0.2) is 4.98 Å². The lowest BCUT2D eigenvalue weighted by molar-refractivity contribution is -0.123. The van der Waals surface area contributed by atoms with Gasteiger partial charge in [-0.1, -0.05) is 26.8 Å². The molecule has 0 saturated carbocycles. The summed E-state index contributed by atoms with van der Waals surface area (Å²) in [4.78, 5) is 37.7. The van der Waals surface area contributed by atoms with E-state index >= 15 is 0 Å². The van der Waals surface area contributed by atoms with Gasteiger partial charge in [0, 0.05) is 17.2 Å². The van der Waals surface area contributed by atoms with Gasteiger partial charge in [0.1, 0.15) is 6.04 Å². The van der Waals surface area contributed by atoms with Gasteiger partial charge in [-0.2, -0.15) is 0 Å². The second-order valence-corrected chi connectivity index (χ2v) is 9.35. The summed E-state index contributed by atoms with van der Waals surface area (Å²) in [5.41, 5.74) is 0.941. The van der Waals surface area contributed by atoms with Crippen LogP contribution in [-0.4, -0.2) is 33.9 Å². The van der Waals surface area contributed by atoms with Gasteiger partial charge < -0.3 is 9.84 Å². The average Bonchev–Trinajstić information content (AvgIpc) is 3.40. The fourth-order valence-corrected chi connectivity index (χ4v) is 4.38. The van der Waals surface area contributed by atoms with Crippen molar-refractivity contribution in [2.24, 2.45) is 5.41 Å². The molecule has 1 amide bonds. The fraction of sp³-hybridized carbons (Fsp3) is 0.250. The number of ether oxygens (including phenoxy) is 1. The molecule has 32 heavy (non-hydrogen) atoms. The van der Waals surface area contributed by atoms with Crippen LogP contribution in [0.4, 0.5) is 5.69 Å². The Hall–Kier alpha value is -3.52. The van der Waals surface area contributed by atoms with Crippen LogP contribution >= 0.6 is 11.3 Å². The Bertz CT molecular complexity index is 1190. The minimum absolute atomic E-state index is 0.0242. The molecule has 0 saturated heterocycles. The molecular formula is C24H23N3O4S. The Morgan fingerprint density at radius 1 is 1.16 bits per heavy atom. The SMILES string of the molecule is COc1ncccc1C1C(C(=O)C(C)(C)C)=C(O)C(=O)N1c1ccc(-c2cccs2)nc1. The van der Waals surface area contributed by atoms with Gasteiger partial charge in [0.15, 0.2) is 11.5 Å². The number of aliphatic hydroxyl groups excluding tert-OH is 1. The summed E-state index contributed by atoms with van der Waals surface area (Å²) in [7, 11) is 1.47. The molecule has 1 aliphatic heterocycles. The van der Waals surface area contributed by atoms with Crippen molar-refractivity contribution in [3.63, 3.8) is 0 Å². The van der Waals surface area contributed by atoms with Crippen molar-refractivity contribution < 1.29 is 19.4 Å². The zero-order valence-corrected chi connectivity index (χ0v) is 19.0. The van der Waals surface area contributed by atoms with Crippen LogP contribution in [0.15, 0.2) is 65.5 Å². The molecule has 1 unspecified atom stereocenters. The van der Waals surface area contributed by atoms with Crippen LogP contribution in [0.25, 0.3) is 10.6 Å². The standard InChI is InChI=1S/C24H23N3O4S/c1-24(2,3)21(29)18-19(15-7-5-11-25-22(15)31-4)27(23(30)20(18)28)14-9-10-16(26-13-14)17-8-6-12-32-17/h5-13,19,28H,1-4H3. The highest BCUT2D eigenvalue weighted by molar-refractivity contribution is 7.13. The predicted molar refractivity (Wildman–Crippen MR) is 123 cm³/mol. The predicted octanol–water partition coefficient (Wildman–Crippen LogP) is 4.73. The van der Waals surface area contributed by atoms with Gasteiger partial charge in [0.05, 0.1) is 35.1 Å². The lowest BCUT2D eigenvalue weighted by atomic mass is 9.82. The van der Waals surface area contributed by atoms with E-state index in [0.717, 1.165) is 10.6 Å².